The van der Waals surface area contributed by atoms with Crippen LogP contribution < -0.4 is 10.1 Å². The minimum absolute atomic E-state index is 0.0157. The number of alkyl carbamates (subject to hydrolysis) is 1. The molecule has 2 aromatic carbocycles. The van der Waals surface area contributed by atoms with E-state index in [0.29, 0.717) is 6.42 Å². The van der Waals surface area contributed by atoms with Crippen LogP contribution in [0.3, 0.4) is 0 Å². The van der Waals surface area contributed by atoms with Crippen molar-refractivity contribution in [2.45, 2.75) is 45.9 Å². The molecule has 0 bridgehead atoms. The summed E-state index contributed by atoms with van der Waals surface area (Å²) in [5.74, 6) is -0.744. The van der Waals surface area contributed by atoms with E-state index in [4.69, 9.17) is 18.9 Å². The number of hydrogen-bond acceptors (Lipinski definition) is 7. The van der Waals surface area contributed by atoms with Crippen molar-refractivity contribution >= 4 is 18.0 Å². The number of esters is 2. The summed E-state index contributed by atoms with van der Waals surface area (Å²) in [6, 6.07) is 16.4. The number of ether oxygens (including phenoxy) is 4. The van der Waals surface area contributed by atoms with Crippen molar-refractivity contribution in [1.29, 1.82) is 0 Å². The number of benzene rings is 2. The van der Waals surface area contributed by atoms with E-state index in [1.807, 2.05) is 42.5 Å². The highest BCUT2D eigenvalue weighted by Gasteiger charge is 2.32. The van der Waals surface area contributed by atoms with E-state index in [-0.39, 0.29) is 25.8 Å². The molecule has 0 aromatic heterocycles. The topological polar surface area (TPSA) is 100 Å². The second-order valence-electron chi connectivity index (χ2n) is 8.09. The van der Waals surface area contributed by atoms with Crippen molar-refractivity contribution in [1.82, 2.24) is 5.32 Å². The fourth-order valence-electron chi connectivity index (χ4n) is 2.71. The molecular formula is C25H31NO7. The second-order valence-corrected chi connectivity index (χ2v) is 8.09. The van der Waals surface area contributed by atoms with Crippen LogP contribution in [-0.2, 0) is 37.0 Å². The normalized spacial score (nSPS) is 11.8. The van der Waals surface area contributed by atoms with Gasteiger partial charge in [0.1, 0.15) is 24.5 Å². The molecule has 0 spiro atoms. The SMILES string of the molecule is COc1ccc(COC(=O)C(C)CCOC(=O)C(C)(C)NC(=O)OCc2ccccc2)cc1. The molecule has 33 heavy (non-hydrogen) atoms. The van der Waals surface area contributed by atoms with Gasteiger partial charge < -0.3 is 24.3 Å². The third-order valence-corrected chi connectivity index (χ3v) is 4.86. The zero-order chi connectivity index (χ0) is 24.3. The summed E-state index contributed by atoms with van der Waals surface area (Å²) < 4.78 is 20.8. The lowest BCUT2D eigenvalue weighted by Gasteiger charge is -2.24. The van der Waals surface area contributed by atoms with Crippen LogP contribution in [0.4, 0.5) is 4.79 Å². The van der Waals surface area contributed by atoms with Crippen molar-refractivity contribution < 1.29 is 33.3 Å². The Morgan fingerprint density at radius 3 is 2.12 bits per heavy atom. The summed E-state index contributed by atoms with van der Waals surface area (Å²) in [6.07, 6.45) is -0.432. The fraction of sp³-hybridized carbons (Fsp3) is 0.400. The molecule has 1 atom stereocenters. The van der Waals surface area contributed by atoms with Crippen LogP contribution in [0.25, 0.3) is 0 Å². The number of carbonyl (C=O) groups excluding carboxylic acids is 3. The maximum atomic E-state index is 12.4. The van der Waals surface area contributed by atoms with E-state index >= 15 is 0 Å². The Morgan fingerprint density at radius 1 is 0.879 bits per heavy atom. The zero-order valence-corrected chi connectivity index (χ0v) is 19.5. The van der Waals surface area contributed by atoms with Gasteiger partial charge in [0.2, 0.25) is 0 Å². The molecular weight excluding hydrogens is 426 g/mol. The number of nitrogens with one attached hydrogen (secondary N) is 1. The molecule has 8 nitrogen and oxygen atoms in total. The lowest BCUT2D eigenvalue weighted by Crippen LogP contribution is -2.50. The minimum Gasteiger partial charge on any atom is -0.497 e. The molecule has 0 saturated carbocycles. The molecule has 0 radical (unpaired) electrons. The first-order valence-corrected chi connectivity index (χ1v) is 10.7. The first-order chi connectivity index (χ1) is 15.7. The molecule has 0 aliphatic rings. The zero-order valence-electron chi connectivity index (χ0n) is 19.5. The molecule has 178 valence electrons. The molecule has 1 N–H and O–H groups in total. The van der Waals surface area contributed by atoms with E-state index < -0.39 is 23.5 Å². The van der Waals surface area contributed by atoms with Gasteiger partial charge in [-0.05, 0) is 43.5 Å². The molecule has 0 aliphatic carbocycles. The van der Waals surface area contributed by atoms with Gasteiger partial charge in [0.15, 0.2) is 0 Å². The summed E-state index contributed by atoms with van der Waals surface area (Å²) in [7, 11) is 1.58. The smallest absolute Gasteiger partial charge is 0.408 e. The molecule has 2 rings (SSSR count). The van der Waals surface area contributed by atoms with Crippen LogP contribution >= 0.6 is 0 Å². The standard InChI is InChI=1S/C25H31NO7/c1-18(22(27)32-16-20-10-12-21(30-4)13-11-20)14-15-31-23(28)25(2,3)26-24(29)33-17-19-8-6-5-7-9-19/h5-13,18H,14-17H2,1-4H3,(H,26,29). The van der Waals surface area contributed by atoms with Gasteiger partial charge in [-0.15, -0.1) is 0 Å². The van der Waals surface area contributed by atoms with Crippen LogP contribution in [0.1, 0.15) is 38.3 Å². The van der Waals surface area contributed by atoms with Crippen LogP contribution in [0.15, 0.2) is 54.6 Å². The predicted molar refractivity (Wildman–Crippen MR) is 121 cm³/mol. The van der Waals surface area contributed by atoms with E-state index in [1.165, 1.54) is 13.8 Å². The molecule has 2 aromatic rings. The highest BCUT2D eigenvalue weighted by atomic mass is 16.6. The summed E-state index contributed by atoms with van der Waals surface area (Å²) in [4.78, 5) is 36.6. The molecule has 0 heterocycles. The largest absolute Gasteiger partial charge is 0.497 e. The van der Waals surface area contributed by atoms with E-state index in [1.54, 1.807) is 26.2 Å². The summed E-state index contributed by atoms with van der Waals surface area (Å²) in [6.45, 7) is 5.00. The van der Waals surface area contributed by atoms with Crippen molar-refractivity contribution in [2.75, 3.05) is 13.7 Å². The summed E-state index contributed by atoms with van der Waals surface area (Å²) in [5, 5.41) is 2.50. The van der Waals surface area contributed by atoms with E-state index in [9.17, 15) is 14.4 Å². The lowest BCUT2D eigenvalue weighted by atomic mass is 10.1. The average molecular weight is 458 g/mol. The molecule has 0 saturated heterocycles. The van der Waals surface area contributed by atoms with Crippen molar-refractivity contribution in [2.24, 2.45) is 5.92 Å². The Bertz CT molecular complexity index is 910. The van der Waals surface area contributed by atoms with Gasteiger partial charge in [-0.3, -0.25) is 4.79 Å². The first kappa shape index (κ1) is 25.7. The third kappa shape index (κ3) is 8.84. The van der Waals surface area contributed by atoms with Crippen molar-refractivity contribution in [3.05, 3.63) is 65.7 Å². The molecule has 0 aliphatic heterocycles. The van der Waals surface area contributed by atoms with Gasteiger partial charge in [0.25, 0.3) is 0 Å². The van der Waals surface area contributed by atoms with E-state index in [2.05, 4.69) is 5.32 Å². The average Bonchev–Trinajstić information content (AvgIpc) is 2.81. The highest BCUT2D eigenvalue weighted by Crippen LogP contribution is 2.14. The molecule has 0 fully saturated rings. The van der Waals surface area contributed by atoms with Gasteiger partial charge in [-0.1, -0.05) is 49.4 Å². The molecule has 1 amide bonds. The summed E-state index contributed by atoms with van der Waals surface area (Å²) >= 11 is 0. The lowest BCUT2D eigenvalue weighted by molar-refractivity contribution is -0.154. The van der Waals surface area contributed by atoms with Crippen molar-refractivity contribution in [3.8, 4) is 5.75 Å². The number of amides is 1. The van der Waals surface area contributed by atoms with E-state index in [0.717, 1.165) is 16.9 Å². The summed E-state index contributed by atoms with van der Waals surface area (Å²) in [5.41, 5.74) is 0.391. The van der Waals surface area contributed by atoms with Gasteiger partial charge in [-0.2, -0.15) is 0 Å². The monoisotopic (exact) mass is 457 g/mol. The third-order valence-electron chi connectivity index (χ3n) is 4.86. The minimum atomic E-state index is -1.29. The number of methoxy groups -OCH3 is 1. The first-order valence-electron chi connectivity index (χ1n) is 10.7. The van der Waals surface area contributed by atoms with Gasteiger partial charge >= 0.3 is 18.0 Å². The Balaban J connectivity index is 1.68. The van der Waals surface area contributed by atoms with Crippen LogP contribution in [0.5, 0.6) is 5.75 Å². The number of hydrogen-bond donors (Lipinski definition) is 1. The predicted octanol–water partition coefficient (Wildman–Crippen LogP) is 4.01. The fourth-order valence-corrected chi connectivity index (χ4v) is 2.71. The Morgan fingerprint density at radius 2 is 1.48 bits per heavy atom. The van der Waals surface area contributed by atoms with Gasteiger partial charge in [-0.25, -0.2) is 9.59 Å². The maximum Gasteiger partial charge on any atom is 0.408 e. The Labute approximate surface area is 194 Å². The van der Waals surface area contributed by atoms with Crippen molar-refractivity contribution in [3.63, 3.8) is 0 Å². The molecule has 8 heteroatoms. The highest BCUT2D eigenvalue weighted by molar-refractivity contribution is 5.84. The Hall–Kier alpha value is -3.55. The quantitative estimate of drug-likeness (QED) is 0.402. The second kappa shape index (κ2) is 12.5. The van der Waals surface area contributed by atoms with Crippen LogP contribution in [0, 0.1) is 5.92 Å². The van der Waals surface area contributed by atoms with Crippen LogP contribution in [-0.4, -0.2) is 37.3 Å². The number of carbonyl (C=O) groups is 3. The van der Waals surface area contributed by atoms with Crippen LogP contribution in [0.2, 0.25) is 0 Å². The maximum absolute atomic E-state index is 12.4. The van der Waals surface area contributed by atoms with Gasteiger partial charge in [0.05, 0.1) is 19.6 Å². The number of rotatable bonds is 11. The molecule has 1 unspecified atom stereocenters. The van der Waals surface area contributed by atoms with Gasteiger partial charge in [0, 0.05) is 0 Å². The Kier molecular flexibility index (Phi) is 9.72.